The summed E-state index contributed by atoms with van der Waals surface area (Å²) in [6, 6.07) is 3.16. The van der Waals surface area contributed by atoms with E-state index in [-0.39, 0.29) is 43.3 Å². The molecule has 1 aromatic carbocycles. The molecular weight excluding hydrogens is 368 g/mol. The summed E-state index contributed by atoms with van der Waals surface area (Å²) in [5.41, 5.74) is -0.169. The quantitative estimate of drug-likeness (QED) is 0.803. The van der Waals surface area contributed by atoms with E-state index in [1.165, 1.54) is 11.0 Å². The van der Waals surface area contributed by atoms with E-state index in [0.717, 1.165) is 12.1 Å². The van der Waals surface area contributed by atoms with Gasteiger partial charge in [0.1, 0.15) is 17.7 Å². The molecule has 2 rings (SSSR count). The number of rotatable bonds is 6. The lowest BCUT2D eigenvalue weighted by Crippen LogP contribution is -2.63. The minimum Gasteiger partial charge on any atom is -0.480 e. The number of carboxylic acids is 1. The summed E-state index contributed by atoms with van der Waals surface area (Å²) in [7, 11) is 0. The second-order valence-corrected chi connectivity index (χ2v) is 7.41. The molecule has 1 aromatic rings. The van der Waals surface area contributed by atoms with E-state index in [0.29, 0.717) is 0 Å². The molecule has 1 aliphatic rings. The van der Waals surface area contributed by atoms with Crippen LogP contribution in [0.3, 0.4) is 0 Å². The molecule has 1 fully saturated rings. The second-order valence-electron chi connectivity index (χ2n) is 7.41. The minimum absolute atomic E-state index is 0.0652. The van der Waals surface area contributed by atoms with Gasteiger partial charge in [0.15, 0.2) is 0 Å². The maximum absolute atomic E-state index is 14.4. The van der Waals surface area contributed by atoms with Crippen LogP contribution in [-0.4, -0.2) is 52.0 Å². The molecule has 152 valence electrons. The van der Waals surface area contributed by atoms with E-state index in [1.807, 2.05) is 6.07 Å². The van der Waals surface area contributed by atoms with Crippen molar-refractivity contribution in [1.29, 1.82) is 5.26 Å². The number of amides is 1. The number of hydrogen-bond donors (Lipinski definition) is 1. The van der Waals surface area contributed by atoms with Gasteiger partial charge in [-0.3, -0.25) is 9.69 Å². The fourth-order valence-corrected chi connectivity index (χ4v) is 3.78. The van der Waals surface area contributed by atoms with Crippen LogP contribution >= 0.6 is 0 Å². The number of hydrogen-bond acceptors (Lipinski definition) is 4. The first-order valence-corrected chi connectivity index (χ1v) is 9.28. The molecule has 0 bridgehead atoms. The zero-order chi connectivity index (χ0) is 21.0. The predicted molar refractivity (Wildman–Crippen MR) is 98.1 cm³/mol. The van der Waals surface area contributed by atoms with Gasteiger partial charge in [0.05, 0.1) is 6.07 Å². The Labute approximate surface area is 163 Å². The van der Waals surface area contributed by atoms with Crippen LogP contribution in [0.15, 0.2) is 18.2 Å². The SMILES string of the molecule is CC(C)C(=O)N1[C@H](C)CN([C@H](CCC#N)c2c(F)cccc2F)C[C@@H]1C(=O)O. The molecule has 1 saturated heterocycles. The Morgan fingerprint density at radius 3 is 2.39 bits per heavy atom. The molecule has 0 unspecified atom stereocenters. The van der Waals surface area contributed by atoms with E-state index in [2.05, 4.69) is 0 Å². The van der Waals surface area contributed by atoms with Crippen LogP contribution in [0, 0.1) is 28.9 Å². The third kappa shape index (κ3) is 4.47. The van der Waals surface area contributed by atoms with Gasteiger partial charge in [0.2, 0.25) is 5.91 Å². The Bertz CT molecular complexity index is 758. The third-order valence-corrected chi connectivity index (χ3v) is 5.05. The fraction of sp³-hybridized carbons (Fsp3) is 0.550. The average molecular weight is 393 g/mol. The number of benzene rings is 1. The van der Waals surface area contributed by atoms with Crippen LogP contribution in [0.4, 0.5) is 8.78 Å². The number of aliphatic carboxylic acids is 1. The highest BCUT2D eigenvalue weighted by molar-refractivity contribution is 5.85. The Morgan fingerprint density at radius 2 is 1.89 bits per heavy atom. The Balaban J connectivity index is 2.42. The summed E-state index contributed by atoms with van der Waals surface area (Å²) in [5, 5.41) is 18.7. The summed E-state index contributed by atoms with van der Waals surface area (Å²) in [6.07, 6.45) is 0.223. The average Bonchev–Trinajstić information content (AvgIpc) is 2.62. The van der Waals surface area contributed by atoms with Gasteiger partial charge in [0.25, 0.3) is 0 Å². The molecule has 28 heavy (non-hydrogen) atoms. The lowest BCUT2D eigenvalue weighted by Gasteiger charge is -2.47. The normalized spacial score (nSPS) is 21.4. The molecule has 0 radical (unpaired) electrons. The molecule has 1 amide bonds. The topological polar surface area (TPSA) is 84.6 Å². The molecule has 0 spiro atoms. The van der Waals surface area contributed by atoms with Crippen molar-refractivity contribution in [3.63, 3.8) is 0 Å². The van der Waals surface area contributed by atoms with Crippen molar-refractivity contribution in [2.24, 2.45) is 5.92 Å². The largest absolute Gasteiger partial charge is 0.480 e. The first-order valence-electron chi connectivity index (χ1n) is 9.28. The maximum atomic E-state index is 14.4. The van der Waals surface area contributed by atoms with Gasteiger partial charge in [-0.2, -0.15) is 5.26 Å². The lowest BCUT2D eigenvalue weighted by atomic mass is 9.95. The molecule has 3 atom stereocenters. The second kappa shape index (κ2) is 9.11. The van der Waals surface area contributed by atoms with E-state index >= 15 is 0 Å². The van der Waals surface area contributed by atoms with Crippen LogP contribution in [0.2, 0.25) is 0 Å². The van der Waals surface area contributed by atoms with Gasteiger partial charge >= 0.3 is 5.97 Å². The highest BCUT2D eigenvalue weighted by Crippen LogP contribution is 2.33. The predicted octanol–water partition coefficient (Wildman–Crippen LogP) is 2.95. The summed E-state index contributed by atoms with van der Waals surface area (Å²) in [4.78, 5) is 27.4. The zero-order valence-corrected chi connectivity index (χ0v) is 16.2. The highest BCUT2D eigenvalue weighted by Gasteiger charge is 2.42. The van der Waals surface area contributed by atoms with Gasteiger partial charge in [-0.15, -0.1) is 0 Å². The Hall–Kier alpha value is -2.53. The molecule has 0 saturated carbocycles. The Kier molecular flexibility index (Phi) is 7.08. The summed E-state index contributed by atoms with van der Waals surface area (Å²) in [5.74, 6) is -3.27. The smallest absolute Gasteiger partial charge is 0.327 e. The van der Waals surface area contributed by atoms with Gasteiger partial charge < -0.3 is 10.0 Å². The van der Waals surface area contributed by atoms with Crippen molar-refractivity contribution in [3.8, 4) is 6.07 Å². The van der Waals surface area contributed by atoms with Crippen LogP contribution in [-0.2, 0) is 9.59 Å². The van der Waals surface area contributed by atoms with Crippen LogP contribution in [0.25, 0.3) is 0 Å². The van der Waals surface area contributed by atoms with Crippen molar-refractivity contribution in [1.82, 2.24) is 9.80 Å². The Morgan fingerprint density at radius 1 is 1.29 bits per heavy atom. The van der Waals surface area contributed by atoms with Gasteiger partial charge in [-0.05, 0) is 25.5 Å². The maximum Gasteiger partial charge on any atom is 0.327 e. The zero-order valence-electron chi connectivity index (χ0n) is 16.2. The van der Waals surface area contributed by atoms with Crippen LogP contribution < -0.4 is 0 Å². The number of halogens is 2. The number of nitrogens with zero attached hydrogens (tertiary/aromatic N) is 3. The summed E-state index contributed by atoms with van der Waals surface area (Å²) in [6.45, 7) is 5.31. The van der Waals surface area contributed by atoms with Gasteiger partial charge in [0, 0.05) is 43.1 Å². The summed E-state index contributed by atoms with van der Waals surface area (Å²) < 4.78 is 28.8. The molecule has 1 N–H and O–H groups in total. The monoisotopic (exact) mass is 393 g/mol. The van der Waals surface area contributed by atoms with Crippen molar-refractivity contribution in [3.05, 3.63) is 35.4 Å². The van der Waals surface area contributed by atoms with Crippen LogP contribution in [0.5, 0.6) is 0 Å². The molecule has 6 nitrogen and oxygen atoms in total. The third-order valence-electron chi connectivity index (χ3n) is 5.05. The van der Waals surface area contributed by atoms with E-state index in [1.54, 1.807) is 25.7 Å². The van der Waals surface area contributed by atoms with Crippen molar-refractivity contribution < 1.29 is 23.5 Å². The molecule has 0 aromatic heterocycles. The van der Waals surface area contributed by atoms with Gasteiger partial charge in [-0.1, -0.05) is 19.9 Å². The fourth-order valence-electron chi connectivity index (χ4n) is 3.78. The first-order chi connectivity index (χ1) is 13.2. The van der Waals surface area contributed by atoms with E-state index in [9.17, 15) is 23.5 Å². The number of piperazine rings is 1. The standard InChI is InChI=1S/C20H25F2N3O3/c1-12(2)19(26)25-13(3)10-24(11-17(25)20(27)28)16(8-5-9-23)18-14(21)6-4-7-15(18)22/h4,6-7,12-13,16-17H,5,8,10-11H2,1-3H3,(H,27,28)/t13-,16-,17-/m1/s1. The van der Waals surface area contributed by atoms with E-state index < -0.39 is 35.7 Å². The van der Waals surface area contributed by atoms with Gasteiger partial charge in [-0.25, -0.2) is 13.6 Å². The first kappa shape index (κ1) is 21.8. The number of carbonyl (C=O) groups excluding carboxylic acids is 1. The van der Waals surface area contributed by atoms with Crippen molar-refractivity contribution >= 4 is 11.9 Å². The van der Waals surface area contributed by atoms with Crippen molar-refractivity contribution in [2.45, 2.75) is 51.7 Å². The molecular formula is C20H25F2N3O3. The minimum atomic E-state index is -1.17. The van der Waals surface area contributed by atoms with Crippen LogP contribution in [0.1, 0.15) is 45.2 Å². The number of nitriles is 1. The van der Waals surface area contributed by atoms with Crippen molar-refractivity contribution in [2.75, 3.05) is 13.1 Å². The molecule has 0 aliphatic carbocycles. The molecule has 8 heteroatoms. The number of carbonyl (C=O) groups is 2. The molecule has 1 aliphatic heterocycles. The number of carboxylic acid groups (broad SMARTS) is 1. The van der Waals surface area contributed by atoms with E-state index in [4.69, 9.17) is 5.26 Å². The lowest BCUT2D eigenvalue weighted by molar-refractivity contribution is -0.159. The summed E-state index contributed by atoms with van der Waals surface area (Å²) >= 11 is 0. The highest BCUT2D eigenvalue weighted by atomic mass is 19.1. The molecule has 1 heterocycles.